The zero-order valence-corrected chi connectivity index (χ0v) is 8.06. The van der Waals surface area contributed by atoms with Gasteiger partial charge < -0.3 is 10.8 Å². The van der Waals surface area contributed by atoms with Gasteiger partial charge in [0.15, 0.2) is 5.65 Å². The number of hydrogen-bond donors (Lipinski definition) is 2. The molecule has 0 unspecified atom stereocenters. The number of rotatable bonds is 1. The van der Waals surface area contributed by atoms with Crippen molar-refractivity contribution in [1.82, 2.24) is 15.0 Å². The Bertz CT molecular complexity index is 558. The van der Waals surface area contributed by atoms with Gasteiger partial charge in [-0.1, -0.05) is 0 Å². The fourth-order valence-corrected chi connectivity index (χ4v) is 1.26. The number of carboxylic acid groups (broad SMARTS) is 1. The Hall–Kier alpha value is -1.95. The minimum Gasteiger partial charge on any atom is -0.478 e. The van der Waals surface area contributed by atoms with Crippen LogP contribution in [-0.2, 0) is 0 Å². The Balaban J connectivity index is 2.76. The topological polar surface area (TPSA) is 102 Å². The van der Waals surface area contributed by atoms with Gasteiger partial charge in [0, 0.05) is 11.6 Å². The van der Waals surface area contributed by atoms with E-state index in [-0.39, 0.29) is 22.3 Å². The SMILES string of the molecule is Nc1nc2nc(Cl)ncc2cc1C(=O)O. The summed E-state index contributed by atoms with van der Waals surface area (Å²) in [6.45, 7) is 0. The average molecular weight is 225 g/mol. The predicted octanol–water partition coefficient (Wildman–Crippen LogP) is 0.959. The van der Waals surface area contributed by atoms with E-state index in [2.05, 4.69) is 15.0 Å². The number of carboxylic acids is 1. The summed E-state index contributed by atoms with van der Waals surface area (Å²) in [4.78, 5) is 22.1. The molecular formula is C8H5ClN4O2. The first-order valence-electron chi connectivity index (χ1n) is 3.90. The third-order valence-corrected chi connectivity index (χ3v) is 1.98. The molecule has 0 bridgehead atoms. The second-order valence-electron chi connectivity index (χ2n) is 2.78. The Morgan fingerprint density at radius 3 is 2.87 bits per heavy atom. The average Bonchev–Trinajstić information content (AvgIpc) is 2.15. The van der Waals surface area contributed by atoms with Gasteiger partial charge in [-0.05, 0) is 17.7 Å². The van der Waals surface area contributed by atoms with Crippen molar-refractivity contribution in [3.63, 3.8) is 0 Å². The summed E-state index contributed by atoms with van der Waals surface area (Å²) in [7, 11) is 0. The quantitative estimate of drug-likeness (QED) is 0.700. The first kappa shape index (κ1) is 9.60. The molecule has 0 aromatic carbocycles. The van der Waals surface area contributed by atoms with Gasteiger partial charge in [0.2, 0.25) is 5.28 Å². The number of hydrogen-bond acceptors (Lipinski definition) is 5. The molecule has 2 rings (SSSR count). The molecule has 2 aromatic rings. The van der Waals surface area contributed by atoms with Crippen molar-refractivity contribution in [2.24, 2.45) is 0 Å². The number of nitrogens with zero attached hydrogens (tertiary/aromatic N) is 3. The zero-order chi connectivity index (χ0) is 11.0. The van der Waals surface area contributed by atoms with E-state index in [4.69, 9.17) is 22.4 Å². The summed E-state index contributed by atoms with van der Waals surface area (Å²) in [5.41, 5.74) is 5.64. The lowest BCUT2D eigenvalue weighted by molar-refractivity contribution is 0.0698. The number of halogens is 1. The molecule has 0 amide bonds. The molecule has 0 radical (unpaired) electrons. The van der Waals surface area contributed by atoms with E-state index in [0.29, 0.717) is 5.39 Å². The lowest BCUT2D eigenvalue weighted by atomic mass is 10.2. The van der Waals surface area contributed by atoms with Gasteiger partial charge in [0.1, 0.15) is 11.4 Å². The molecule has 0 saturated carbocycles. The summed E-state index contributed by atoms with van der Waals surface area (Å²) >= 11 is 5.55. The van der Waals surface area contributed by atoms with Crippen LogP contribution in [0.4, 0.5) is 5.82 Å². The number of aromatic nitrogens is 3. The van der Waals surface area contributed by atoms with Crippen LogP contribution in [0.3, 0.4) is 0 Å². The highest BCUT2D eigenvalue weighted by Gasteiger charge is 2.11. The third kappa shape index (κ3) is 1.66. The molecule has 0 spiro atoms. The second-order valence-corrected chi connectivity index (χ2v) is 3.12. The summed E-state index contributed by atoms with van der Waals surface area (Å²) in [5, 5.41) is 9.31. The number of fused-ring (bicyclic) bond motifs is 1. The van der Waals surface area contributed by atoms with Crippen molar-refractivity contribution in [2.75, 3.05) is 5.73 Å². The molecule has 2 aromatic heterocycles. The maximum absolute atomic E-state index is 10.7. The summed E-state index contributed by atoms with van der Waals surface area (Å²) in [6.07, 6.45) is 1.39. The van der Waals surface area contributed by atoms with Crippen LogP contribution in [-0.4, -0.2) is 26.0 Å². The standard InChI is InChI=1S/C8H5ClN4O2/c9-8-11-2-3-1-4(7(14)15)5(10)12-6(3)13-8/h1-2H,(H,14,15)(H2,10,11,12,13). The Morgan fingerprint density at radius 2 is 2.20 bits per heavy atom. The molecule has 76 valence electrons. The molecule has 7 heteroatoms. The van der Waals surface area contributed by atoms with E-state index in [1.54, 1.807) is 0 Å². The van der Waals surface area contributed by atoms with Crippen LogP contribution in [0.1, 0.15) is 10.4 Å². The highest BCUT2D eigenvalue weighted by atomic mass is 35.5. The minimum absolute atomic E-state index is 0.0393. The smallest absolute Gasteiger partial charge is 0.339 e. The number of anilines is 1. The molecule has 2 heterocycles. The van der Waals surface area contributed by atoms with Crippen LogP contribution < -0.4 is 5.73 Å². The molecule has 15 heavy (non-hydrogen) atoms. The first-order valence-corrected chi connectivity index (χ1v) is 4.28. The highest BCUT2D eigenvalue weighted by Crippen LogP contribution is 2.17. The molecule has 0 aliphatic carbocycles. The maximum atomic E-state index is 10.7. The molecular weight excluding hydrogens is 220 g/mol. The van der Waals surface area contributed by atoms with Crippen molar-refractivity contribution < 1.29 is 9.90 Å². The van der Waals surface area contributed by atoms with Crippen LogP contribution in [0, 0.1) is 0 Å². The summed E-state index contributed by atoms with van der Waals surface area (Å²) < 4.78 is 0. The lowest BCUT2D eigenvalue weighted by Gasteiger charge is -2.01. The summed E-state index contributed by atoms with van der Waals surface area (Å²) in [6, 6.07) is 1.36. The number of aromatic carboxylic acids is 1. The van der Waals surface area contributed by atoms with Gasteiger partial charge in [-0.2, -0.15) is 4.98 Å². The minimum atomic E-state index is -1.14. The number of nitrogens with two attached hydrogens (primary N) is 1. The van der Waals surface area contributed by atoms with Crippen molar-refractivity contribution in [3.05, 3.63) is 23.1 Å². The van der Waals surface area contributed by atoms with Gasteiger partial charge in [0.25, 0.3) is 0 Å². The second kappa shape index (κ2) is 3.32. The van der Waals surface area contributed by atoms with Crippen LogP contribution >= 0.6 is 11.6 Å². The van der Waals surface area contributed by atoms with Crippen LogP contribution in [0.15, 0.2) is 12.3 Å². The monoisotopic (exact) mass is 224 g/mol. The number of carbonyl (C=O) groups is 1. The van der Waals surface area contributed by atoms with Crippen LogP contribution in [0.25, 0.3) is 11.0 Å². The van der Waals surface area contributed by atoms with Crippen molar-refractivity contribution in [1.29, 1.82) is 0 Å². The van der Waals surface area contributed by atoms with E-state index in [1.165, 1.54) is 12.3 Å². The maximum Gasteiger partial charge on any atom is 0.339 e. The Kier molecular flexibility index (Phi) is 2.12. The van der Waals surface area contributed by atoms with Gasteiger partial charge in [-0.15, -0.1) is 0 Å². The highest BCUT2D eigenvalue weighted by molar-refractivity contribution is 6.28. The Labute approximate surface area is 88.7 Å². The zero-order valence-electron chi connectivity index (χ0n) is 7.31. The van der Waals surface area contributed by atoms with Gasteiger partial charge >= 0.3 is 5.97 Å². The van der Waals surface area contributed by atoms with Gasteiger partial charge in [-0.3, -0.25) is 0 Å². The summed E-state index contributed by atoms with van der Waals surface area (Å²) in [5.74, 6) is -1.23. The fourth-order valence-electron chi connectivity index (χ4n) is 1.13. The molecule has 0 fully saturated rings. The molecule has 3 N–H and O–H groups in total. The number of nitrogen functional groups attached to an aromatic ring is 1. The van der Waals surface area contributed by atoms with E-state index in [0.717, 1.165) is 0 Å². The molecule has 6 nitrogen and oxygen atoms in total. The molecule has 0 saturated heterocycles. The third-order valence-electron chi connectivity index (χ3n) is 1.80. The van der Waals surface area contributed by atoms with Crippen molar-refractivity contribution in [2.45, 2.75) is 0 Å². The first-order chi connectivity index (χ1) is 7.08. The van der Waals surface area contributed by atoms with E-state index in [1.807, 2.05) is 0 Å². The van der Waals surface area contributed by atoms with Gasteiger partial charge in [0.05, 0.1) is 0 Å². The fraction of sp³-hybridized carbons (Fsp3) is 0. The lowest BCUT2D eigenvalue weighted by Crippen LogP contribution is -2.05. The van der Waals surface area contributed by atoms with Crippen LogP contribution in [0.2, 0.25) is 5.28 Å². The van der Waals surface area contributed by atoms with Crippen LogP contribution in [0.5, 0.6) is 0 Å². The van der Waals surface area contributed by atoms with E-state index >= 15 is 0 Å². The predicted molar refractivity (Wildman–Crippen MR) is 53.7 cm³/mol. The largest absolute Gasteiger partial charge is 0.478 e. The normalized spacial score (nSPS) is 10.5. The van der Waals surface area contributed by atoms with E-state index < -0.39 is 5.97 Å². The van der Waals surface area contributed by atoms with E-state index in [9.17, 15) is 4.79 Å². The molecule has 0 aliphatic rings. The van der Waals surface area contributed by atoms with Crippen molar-refractivity contribution in [3.8, 4) is 0 Å². The Morgan fingerprint density at radius 1 is 1.47 bits per heavy atom. The molecule has 0 aliphatic heterocycles. The van der Waals surface area contributed by atoms with Crippen molar-refractivity contribution >= 4 is 34.4 Å². The molecule has 0 atom stereocenters. The number of pyridine rings is 1. The van der Waals surface area contributed by atoms with Gasteiger partial charge in [-0.25, -0.2) is 14.8 Å².